The van der Waals surface area contributed by atoms with Gasteiger partial charge in [-0.3, -0.25) is 9.69 Å². The first-order valence-corrected chi connectivity index (χ1v) is 9.60. The molecule has 1 heterocycles. The average molecular weight is 336 g/mol. The topological polar surface area (TPSA) is 58.6 Å². The van der Waals surface area contributed by atoms with E-state index < -0.39 is 5.60 Å². The highest BCUT2D eigenvalue weighted by Gasteiger charge is 2.57. The fourth-order valence-electron chi connectivity index (χ4n) is 4.36. The van der Waals surface area contributed by atoms with Crippen LogP contribution in [-0.2, 0) is 9.53 Å². The third-order valence-corrected chi connectivity index (χ3v) is 5.72. The molecule has 3 fully saturated rings. The van der Waals surface area contributed by atoms with E-state index in [0.717, 1.165) is 31.6 Å². The third-order valence-electron chi connectivity index (χ3n) is 5.72. The molecule has 1 saturated heterocycles. The minimum absolute atomic E-state index is 0.0230. The smallest absolute Gasteiger partial charge is 0.411 e. The van der Waals surface area contributed by atoms with Gasteiger partial charge in [0.1, 0.15) is 11.6 Å². The van der Waals surface area contributed by atoms with Crippen LogP contribution < -0.4 is 5.32 Å². The van der Waals surface area contributed by atoms with E-state index >= 15 is 0 Å². The van der Waals surface area contributed by atoms with Crippen LogP contribution in [0.1, 0.15) is 72.6 Å². The summed E-state index contributed by atoms with van der Waals surface area (Å²) in [5, 5.41) is 3.23. The Bertz CT molecular complexity index is 499. The van der Waals surface area contributed by atoms with Crippen molar-refractivity contribution in [3.8, 4) is 0 Å². The van der Waals surface area contributed by atoms with Gasteiger partial charge in [0.05, 0.1) is 0 Å². The highest BCUT2D eigenvalue weighted by Crippen LogP contribution is 2.48. The van der Waals surface area contributed by atoms with Crippen molar-refractivity contribution >= 4 is 12.0 Å². The molecule has 5 heteroatoms. The molecule has 1 aliphatic heterocycles. The maximum absolute atomic E-state index is 12.8. The zero-order chi connectivity index (χ0) is 17.5. The summed E-state index contributed by atoms with van der Waals surface area (Å²) in [7, 11) is 0. The molecule has 0 spiro atoms. The van der Waals surface area contributed by atoms with Gasteiger partial charge < -0.3 is 10.1 Å². The SMILES string of the molecule is CC[C@@H]1CCC[C@@H](NC(=O)[C@@H]2C[C@H]3C[C@H]3N2C(=O)OC(C)(C)C)C1. The van der Waals surface area contributed by atoms with Gasteiger partial charge in [0.25, 0.3) is 0 Å². The minimum atomic E-state index is -0.525. The highest BCUT2D eigenvalue weighted by atomic mass is 16.6. The molecule has 0 radical (unpaired) electrons. The number of rotatable bonds is 3. The summed E-state index contributed by atoms with van der Waals surface area (Å²) in [6, 6.07) is 0.143. The second-order valence-corrected chi connectivity index (χ2v) is 8.85. The molecule has 0 unspecified atom stereocenters. The Labute approximate surface area is 145 Å². The lowest BCUT2D eigenvalue weighted by atomic mass is 9.84. The molecule has 1 N–H and O–H groups in total. The predicted octanol–water partition coefficient (Wildman–Crippen LogP) is 3.47. The van der Waals surface area contributed by atoms with Crippen molar-refractivity contribution in [2.45, 2.75) is 96.4 Å². The van der Waals surface area contributed by atoms with E-state index in [1.807, 2.05) is 20.8 Å². The first-order valence-electron chi connectivity index (χ1n) is 9.60. The van der Waals surface area contributed by atoms with Crippen LogP contribution in [0.25, 0.3) is 0 Å². The van der Waals surface area contributed by atoms with Crippen molar-refractivity contribution in [2.75, 3.05) is 0 Å². The molecule has 3 rings (SSSR count). The van der Waals surface area contributed by atoms with Gasteiger partial charge in [0.15, 0.2) is 0 Å². The lowest BCUT2D eigenvalue weighted by Crippen LogP contribution is -2.52. The molecule has 0 bridgehead atoms. The van der Waals surface area contributed by atoms with Crippen LogP contribution in [0.4, 0.5) is 4.79 Å². The number of likely N-dealkylation sites (tertiary alicyclic amines) is 1. The maximum Gasteiger partial charge on any atom is 0.411 e. The minimum Gasteiger partial charge on any atom is -0.444 e. The molecular formula is C19H32N2O3. The molecule has 3 aliphatic rings. The van der Waals surface area contributed by atoms with Crippen molar-refractivity contribution in [1.82, 2.24) is 10.2 Å². The van der Waals surface area contributed by atoms with Gasteiger partial charge in [-0.05, 0) is 58.3 Å². The van der Waals surface area contributed by atoms with E-state index in [4.69, 9.17) is 4.74 Å². The van der Waals surface area contributed by atoms with Crippen LogP contribution in [-0.4, -0.2) is 40.6 Å². The first-order chi connectivity index (χ1) is 11.3. The van der Waals surface area contributed by atoms with E-state index in [1.54, 1.807) is 4.90 Å². The number of carbonyl (C=O) groups is 2. The number of carbonyl (C=O) groups excluding carboxylic acids is 2. The van der Waals surface area contributed by atoms with Gasteiger partial charge in [-0.1, -0.05) is 26.2 Å². The Balaban J connectivity index is 1.60. The Hall–Kier alpha value is -1.26. The van der Waals surface area contributed by atoms with Gasteiger partial charge in [-0.25, -0.2) is 4.79 Å². The molecule has 2 amide bonds. The monoisotopic (exact) mass is 336 g/mol. The fraction of sp³-hybridized carbons (Fsp3) is 0.895. The Kier molecular flexibility index (Phi) is 4.80. The molecule has 5 nitrogen and oxygen atoms in total. The average Bonchev–Trinajstić information content (AvgIpc) is 3.15. The molecule has 2 saturated carbocycles. The third kappa shape index (κ3) is 3.86. The van der Waals surface area contributed by atoms with Crippen LogP contribution in [0.5, 0.6) is 0 Å². The van der Waals surface area contributed by atoms with Crippen LogP contribution >= 0.6 is 0 Å². The van der Waals surface area contributed by atoms with E-state index in [9.17, 15) is 9.59 Å². The molecule has 24 heavy (non-hydrogen) atoms. The Morgan fingerprint density at radius 1 is 1.17 bits per heavy atom. The van der Waals surface area contributed by atoms with Gasteiger partial charge in [-0.15, -0.1) is 0 Å². The van der Waals surface area contributed by atoms with Crippen LogP contribution in [0.3, 0.4) is 0 Å². The van der Waals surface area contributed by atoms with Crippen LogP contribution in [0.2, 0.25) is 0 Å². The molecular weight excluding hydrogens is 304 g/mol. The summed E-state index contributed by atoms with van der Waals surface area (Å²) in [6.45, 7) is 7.83. The van der Waals surface area contributed by atoms with Gasteiger partial charge >= 0.3 is 6.09 Å². The van der Waals surface area contributed by atoms with E-state index in [-0.39, 0.29) is 30.1 Å². The van der Waals surface area contributed by atoms with Crippen molar-refractivity contribution in [2.24, 2.45) is 11.8 Å². The van der Waals surface area contributed by atoms with Gasteiger partial charge in [0, 0.05) is 12.1 Å². The summed E-state index contributed by atoms with van der Waals surface area (Å²) in [4.78, 5) is 27.0. The van der Waals surface area contributed by atoms with E-state index in [2.05, 4.69) is 12.2 Å². The number of nitrogens with zero attached hydrogens (tertiary/aromatic N) is 1. The lowest BCUT2D eigenvalue weighted by Gasteiger charge is -2.33. The number of hydrogen-bond donors (Lipinski definition) is 1. The normalized spacial score (nSPS) is 35.3. The fourth-order valence-corrected chi connectivity index (χ4v) is 4.36. The van der Waals surface area contributed by atoms with Gasteiger partial charge in [0.2, 0.25) is 5.91 Å². The number of hydrogen-bond acceptors (Lipinski definition) is 3. The second kappa shape index (κ2) is 6.57. The lowest BCUT2D eigenvalue weighted by molar-refractivity contribution is -0.127. The predicted molar refractivity (Wildman–Crippen MR) is 92.6 cm³/mol. The van der Waals surface area contributed by atoms with Crippen LogP contribution in [0, 0.1) is 11.8 Å². The van der Waals surface area contributed by atoms with Crippen LogP contribution in [0.15, 0.2) is 0 Å². The first kappa shape index (κ1) is 17.6. The number of ether oxygens (including phenoxy) is 1. The largest absolute Gasteiger partial charge is 0.444 e. The molecule has 0 aromatic rings. The quantitative estimate of drug-likeness (QED) is 0.858. The summed E-state index contributed by atoms with van der Waals surface area (Å²) >= 11 is 0. The molecule has 2 aliphatic carbocycles. The molecule has 136 valence electrons. The molecule has 0 aromatic carbocycles. The number of amides is 2. The number of piperidine rings is 1. The summed E-state index contributed by atoms with van der Waals surface area (Å²) in [5.41, 5.74) is -0.525. The zero-order valence-corrected chi connectivity index (χ0v) is 15.5. The van der Waals surface area contributed by atoms with E-state index in [1.165, 1.54) is 19.3 Å². The Morgan fingerprint density at radius 2 is 1.92 bits per heavy atom. The number of fused-ring (bicyclic) bond motifs is 1. The van der Waals surface area contributed by atoms with E-state index in [0.29, 0.717) is 5.92 Å². The van der Waals surface area contributed by atoms with Crippen molar-refractivity contribution in [1.29, 1.82) is 0 Å². The zero-order valence-electron chi connectivity index (χ0n) is 15.5. The molecule has 5 atom stereocenters. The summed E-state index contributed by atoms with van der Waals surface area (Å²) in [6.07, 6.45) is 7.27. The number of nitrogens with one attached hydrogen (secondary N) is 1. The second-order valence-electron chi connectivity index (χ2n) is 8.85. The highest BCUT2D eigenvalue weighted by molar-refractivity contribution is 5.87. The summed E-state index contributed by atoms with van der Waals surface area (Å²) in [5.74, 6) is 1.24. The van der Waals surface area contributed by atoms with Gasteiger partial charge in [-0.2, -0.15) is 0 Å². The standard InChI is InChI=1S/C19H32N2O3/c1-5-12-7-6-8-14(9-12)20-17(22)16-11-13-10-15(13)21(16)18(23)24-19(2,3)4/h12-16H,5-11H2,1-4H3,(H,20,22)/t12-,13-,14-,15-,16+/m1/s1. The van der Waals surface area contributed by atoms with Crippen molar-refractivity contribution in [3.63, 3.8) is 0 Å². The Morgan fingerprint density at radius 3 is 2.58 bits per heavy atom. The molecule has 0 aromatic heterocycles. The van der Waals surface area contributed by atoms with Crippen molar-refractivity contribution in [3.05, 3.63) is 0 Å². The maximum atomic E-state index is 12.8. The van der Waals surface area contributed by atoms with Crippen molar-refractivity contribution < 1.29 is 14.3 Å². The summed E-state index contributed by atoms with van der Waals surface area (Å²) < 4.78 is 5.53.